The first kappa shape index (κ1) is 13.5. The van der Waals surface area contributed by atoms with Gasteiger partial charge >= 0.3 is 0 Å². The van der Waals surface area contributed by atoms with Gasteiger partial charge in [0.05, 0.1) is 11.8 Å². The second-order valence-electron chi connectivity index (χ2n) is 6.15. The number of benzene rings is 1. The third-order valence-corrected chi connectivity index (χ3v) is 4.89. The quantitative estimate of drug-likeness (QED) is 0.910. The molecule has 0 atom stereocenters. The van der Waals surface area contributed by atoms with E-state index in [1.807, 2.05) is 4.90 Å². The van der Waals surface area contributed by atoms with Crippen LogP contribution in [-0.4, -0.2) is 58.1 Å². The number of H-pyrrole nitrogens is 1. The highest BCUT2D eigenvalue weighted by Crippen LogP contribution is 2.26. The third-order valence-electron chi connectivity index (χ3n) is 4.89. The van der Waals surface area contributed by atoms with Crippen molar-refractivity contribution in [3.05, 3.63) is 53.3 Å². The maximum Gasteiger partial charge on any atom is 0.257 e. The van der Waals surface area contributed by atoms with E-state index in [1.165, 1.54) is 11.1 Å². The molecule has 1 aromatic carbocycles. The number of hydrogen-bond donors (Lipinski definition) is 1. The zero-order chi connectivity index (χ0) is 14.9. The Kier molecular flexibility index (Phi) is 3.42. The van der Waals surface area contributed by atoms with Crippen LogP contribution >= 0.6 is 0 Å². The smallest absolute Gasteiger partial charge is 0.257 e. The van der Waals surface area contributed by atoms with Crippen LogP contribution in [-0.2, 0) is 12.8 Å². The molecule has 1 amide bonds. The van der Waals surface area contributed by atoms with E-state index in [9.17, 15) is 4.79 Å². The molecule has 5 heteroatoms. The number of nitrogens with zero attached hydrogens (tertiary/aromatic N) is 3. The minimum Gasteiger partial charge on any atom is -0.336 e. The van der Waals surface area contributed by atoms with Crippen LogP contribution in [0.3, 0.4) is 0 Å². The summed E-state index contributed by atoms with van der Waals surface area (Å²) in [4.78, 5) is 16.8. The van der Waals surface area contributed by atoms with E-state index >= 15 is 0 Å². The average Bonchev–Trinajstić information content (AvgIpc) is 3.23. The number of carbonyl (C=O) groups is 1. The summed E-state index contributed by atoms with van der Waals surface area (Å²) in [6.45, 7) is 3.53. The second kappa shape index (κ2) is 5.57. The molecule has 1 fully saturated rings. The van der Waals surface area contributed by atoms with E-state index in [-0.39, 0.29) is 5.91 Å². The van der Waals surface area contributed by atoms with Crippen LogP contribution in [0.2, 0.25) is 0 Å². The van der Waals surface area contributed by atoms with Crippen LogP contribution in [0.15, 0.2) is 36.7 Å². The van der Waals surface area contributed by atoms with E-state index < -0.39 is 0 Å². The molecule has 1 saturated heterocycles. The predicted octanol–water partition coefficient (Wildman–Crippen LogP) is 1.33. The van der Waals surface area contributed by atoms with Crippen LogP contribution in [0, 0.1) is 0 Å². The van der Waals surface area contributed by atoms with Crippen LogP contribution < -0.4 is 0 Å². The Balaban J connectivity index is 1.36. The summed E-state index contributed by atoms with van der Waals surface area (Å²) in [6, 6.07) is 9.34. The molecule has 1 N–H and O–H groups in total. The lowest BCUT2D eigenvalue weighted by molar-refractivity contribution is 0.0576. The predicted molar refractivity (Wildman–Crippen MR) is 83.7 cm³/mol. The van der Waals surface area contributed by atoms with Crippen molar-refractivity contribution in [3.8, 4) is 0 Å². The Labute approximate surface area is 129 Å². The first-order valence-corrected chi connectivity index (χ1v) is 7.90. The summed E-state index contributed by atoms with van der Waals surface area (Å²) in [5.74, 6) is 0.0862. The van der Waals surface area contributed by atoms with Gasteiger partial charge in [-0.1, -0.05) is 24.3 Å². The summed E-state index contributed by atoms with van der Waals surface area (Å²) in [5.41, 5.74) is 3.63. The molecule has 2 aromatic rings. The maximum atomic E-state index is 12.3. The summed E-state index contributed by atoms with van der Waals surface area (Å²) >= 11 is 0. The van der Waals surface area contributed by atoms with Gasteiger partial charge in [0.25, 0.3) is 5.91 Å². The van der Waals surface area contributed by atoms with E-state index in [1.54, 1.807) is 12.4 Å². The van der Waals surface area contributed by atoms with Gasteiger partial charge in [0.1, 0.15) is 0 Å². The second-order valence-corrected chi connectivity index (χ2v) is 6.15. The van der Waals surface area contributed by atoms with Gasteiger partial charge in [0, 0.05) is 38.4 Å². The van der Waals surface area contributed by atoms with Gasteiger partial charge in [-0.3, -0.25) is 14.8 Å². The standard InChI is InChI=1S/C17H20N4O/c22-17(15-11-18-19-12-15)21-7-5-20(6-8-21)16-9-13-3-1-2-4-14(13)10-16/h1-4,11-12,16H,5-10H2,(H,18,19). The number of amides is 1. The summed E-state index contributed by atoms with van der Waals surface area (Å²) < 4.78 is 0. The molecule has 0 saturated carbocycles. The number of piperazine rings is 1. The van der Waals surface area contributed by atoms with Crippen LogP contribution in [0.1, 0.15) is 21.5 Å². The number of carbonyl (C=O) groups excluding carboxylic acids is 1. The minimum atomic E-state index is 0.0862. The molecule has 1 aliphatic carbocycles. The van der Waals surface area contributed by atoms with Crippen molar-refractivity contribution < 1.29 is 4.79 Å². The summed E-state index contributed by atoms with van der Waals surface area (Å²) in [5, 5.41) is 6.56. The number of aromatic nitrogens is 2. The normalized spacial score (nSPS) is 19.4. The van der Waals surface area contributed by atoms with Gasteiger partial charge in [0.15, 0.2) is 0 Å². The van der Waals surface area contributed by atoms with Crippen molar-refractivity contribution in [1.29, 1.82) is 0 Å². The van der Waals surface area contributed by atoms with Gasteiger partial charge in [-0.05, 0) is 24.0 Å². The number of fused-ring (bicyclic) bond motifs is 1. The number of aromatic amines is 1. The fraction of sp³-hybridized carbons (Fsp3) is 0.412. The minimum absolute atomic E-state index is 0.0862. The summed E-state index contributed by atoms with van der Waals surface area (Å²) in [6.07, 6.45) is 5.56. The molecule has 114 valence electrons. The number of nitrogens with one attached hydrogen (secondary N) is 1. The van der Waals surface area contributed by atoms with Crippen molar-refractivity contribution in [2.75, 3.05) is 26.2 Å². The van der Waals surface area contributed by atoms with Crippen molar-refractivity contribution in [1.82, 2.24) is 20.0 Å². The van der Waals surface area contributed by atoms with E-state index in [2.05, 4.69) is 39.4 Å². The van der Waals surface area contributed by atoms with E-state index in [0.717, 1.165) is 39.0 Å². The SMILES string of the molecule is O=C(c1cn[nH]c1)N1CCN(C2Cc3ccccc3C2)CC1. The Morgan fingerprint density at radius 2 is 1.77 bits per heavy atom. The van der Waals surface area contributed by atoms with E-state index in [4.69, 9.17) is 0 Å². The van der Waals surface area contributed by atoms with E-state index in [0.29, 0.717) is 11.6 Å². The molecular formula is C17H20N4O. The molecule has 4 rings (SSSR count). The van der Waals surface area contributed by atoms with Crippen LogP contribution in [0.4, 0.5) is 0 Å². The average molecular weight is 296 g/mol. The largest absolute Gasteiger partial charge is 0.336 e. The van der Waals surface area contributed by atoms with Gasteiger partial charge < -0.3 is 4.90 Å². The zero-order valence-electron chi connectivity index (χ0n) is 12.5. The molecule has 1 aliphatic heterocycles. The highest BCUT2D eigenvalue weighted by molar-refractivity contribution is 5.93. The highest BCUT2D eigenvalue weighted by Gasteiger charge is 2.30. The van der Waals surface area contributed by atoms with Crippen LogP contribution in [0.5, 0.6) is 0 Å². The maximum absolute atomic E-state index is 12.3. The van der Waals surface area contributed by atoms with Crippen molar-refractivity contribution in [3.63, 3.8) is 0 Å². The molecule has 5 nitrogen and oxygen atoms in total. The lowest BCUT2D eigenvalue weighted by Crippen LogP contribution is -2.52. The van der Waals surface area contributed by atoms with Crippen molar-refractivity contribution in [2.45, 2.75) is 18.9 Å². The van der Waals surface area contributed by atoms with Gasteiger partial charge in [-0.2, -0.15) is 5.10 Å². The number of rotatable bonds is 2. The lowest BCUT2D eigenvalue weighted by atomic mass is 10.1. The monoisotopic (exact) mass is 296 g/mol. The molecule has 0 bridgehead atoms. The zero-order valence-corrected chi connectivity index (χ0v) is 12.5. The van der Waals surface area contributed by atoms with Crippen molar-refractivity contribution in [2.24, 2.45) is 0 Å². The molecule has 22 heavy (non-hydrogen) atoms. The third kappa shape index (κ3) is 2.41. The molecule has 0 unspecified atom stereocenters. The lowest BCUT2D eigenvalue weighted by Gasteiger charge is -2.37. The van der Waals surface area contributed by atoms with Gasteiger partial charge in [0.2, 0.25) is 0 Å². The Bertz CT molecular complexity index is 634. The number of hydrogen-bond acceptors (Lipinski definition) is 3. The first-order chi connectivity index (χ1) is 10.8. The fourth-order valence-electron chi connectivity index (χ4n) is 3.63. The topological polar surface area (TPSA) is 52.2 Å². The van der Waals surface area contributed by atoms with Gasteiger partial charge in [-0.15, -0.1) is 0 Å². The molecule has 0 radical (unpaired) electrons. The molecule has 1 aromatic heterocycles. The van der Waals surface area contributed by atoms with Crippen LogP contribution in [0.25, 0.3) is 0 Å². The van der Waals surface area contributed by atoms with Gasteiger partial charge in [-0.25, -0.2) is 0 Å². The Morgan fingerprint density at radius 3 is 2.36 bits per heavy atom. The molecular weight excluding hydrogens is 276 g/mol. The first-order valence-electron chi connectivity index (χ1n) is 7.90. The Hall–Kier alpha value is -2.14. The fourth-order valence-corrected chi connectivity index (χ4v) is 3.63. The highest BCUT2D eigenvalue weighted by atomic mass is 16.2. The van der Waals surface area contributed by atoms with Crippen molar-refractivity contribution >= 4 is 5.91 Å². The molecule has 2 heterocycles. The Morgan fingerprint density at radius 1 is 1.09 bits per heavy atom. The molecule has 2 aliphatic rings. The molecule has 0 spiro atoms. The summed E-state index contributed by atoms with van der Waals surface area (Å²) in [7, 11) is 0.